The average Bonchev–Trinajstić information content (AvgIpc) is 2.89. The Morgan fingerprint density at radius 3 is 2.57 bits per heavy atom. The minimum absolute atomic E-state index is 0.0582. The number of hydrogen-bond acceptors (Lipinski definition) is 2. The van der Waals surface area contributed by atoms with Crippen LogP contribution in [0.15, 0.2) is 0 Å². The van der Waals surface area contributed by atoms with E-state index in [1.54, 1.807) is 0 Å². The molecule has 5 nitrogen and oxygen atoms in total. The van der Waals surface area contributed by atoms with E-state index in [4.69, 9.17) is 5.11 Å². The molecule has 21 heavy (non-hydrogen) atoms. The third kappa shape index (κ3) is 5.56. The van der Waals surface area contributed by atoms with Crippen LogP contribution in [0.4, 0.5) is 4.79 Å². The number of nitrogens with zero attached hydrogens (tertiary/aromatic N) is 1. The third-order valence-electron chi connectivity index (χ3n) is 4.38. The molecule has 2 unspecified atom stereocenters. The maximum absolute atomic E-state index is 12.3. The number of aliphatic carboxylic acids is 1. The summed E-state index contributed by atoms with van der Waals surface area (Å²) in [7, 11) is 0. The first-order valence-corrected chi connectivity index (χ1v) is 8.24. The topological polar surface area (TPSA) is 69.6 Å². The van der Waals surface area contributed by atoms with Crippen LogP contribution >= 0.6 is 0 Å². The number of unbranched alkanes of at least 4 members (excludes halogenated alkanes) is 2. The summed E-state index contributed by atoms with van der Waals surface area (Å²) in [5.74, 6) is -0.940. The van der Waals surface area contributed by atoms with Crippen molar-refractivity contribution in [2.45, 2.75) is 65.3 Å². The van der Waals surface area contributed by atoms with Gasteiger partial charge in [-0.2, -0.15) is 0 Å². The van der Waals surface area contributed by atoms with Gasteiger partial charge in [-0.15, -0.1) is 0 Å². The number of rotatable bonds is 8. The highest BCUT2D eigenvalue weighted by molar-refractivity contribution is 5.75. The second kappa shape index (κ2) is 8.90. The normalized spacial score (nSPS) is 21.5. The van der Waals surface area contributed by atoms with Gasteiger partial charge in [0, 0.05) is 19.1 Å². The monoisotopic (exact) mass is 298 g/mol. The fourth-order valence-electron chi connectivity index (χ4n) is 3.05. The van der Waals surface area contributed by atoms with Crippen LogP contribution < -0.4 is 5.32 Å². The lowest BCUT2D eigenvalue weighted by Gasteiger charge is -2.28. The quantitative estimate of drug-likeness (QED) is 0.676. The van der Waals surface area contributed by atoms with Crippen molar-refractivity contribution in [2.75, 3.05) is 13.1 Å². The summed E-state index contributed by atoms with van der Waals surface area (Å²) in [6.07, 6.45) is 5.86. The molecule has 2 atom stereocenters. The van der Waals surface area contributed by atoms with Crippen molar-refractivity contribution in [1.82, 2.24) is 10.2 Å². The van der Waals surface area contributed by atoms with Gasteiger partial charge in [-0.25, -0.2) is 4.79 Å². The van der Waals surface area contributed by atoms with Crippen molar-refractivity contribution in [3.05, 3.63) is 0 Å². The molecule has 1 fully saturated rings. The van der Waals surface area contributed by atoms with Gasteiger partial charge in [0.15, 0.2) is 0 Å². The van der Waals surface area contributed by atoms with Gasteiger partial charge in [-0.05, 0) is 39.0 Å². The van der Waals surface area contributed by atoms with Gasteiger partial charge in [0.25, 0.3) is 0 Å². The highest BCUT2D eigenvalue weighted by atomic mass is 16.4. The van der Waals surface area contributed by atoms with E-state index in [1.807, 2.05) is 18.7 Å². The lowest BCUT2D eigenvalue weighted by molar-refractivity contribution is -0.142. The number of nitrogens with one attached hydrogen (secondary N) is 1. The molecular weight excluding hydrogens is 268 g/mol. The summed E-state index contributed by atoms with van der Waals surface area (Å²) in [6, 6.07) is 0.109. The molecular formula is C16H30N2O3. The maximum atomic E-state index is 12.3. The van der Waals surface area contributed by atoms with Crippen molar-refractivity contribution in [1.29, 1.82) is 0 Å². The molecule has 122 valence electrons. The molecule has 0 radical (unpaired) electrons. The van der Waals surface area contributed by atoms with Crippen LogP contribution in [0.25, 0.3) is 0 Å². The van der Waals surface area contributed by atoms with Crippen molar-refractivity contribution < 1.29 is 14.7 Å². The average molecular weight is 298 g/mol. The molecule has 2 amide bonds. The van der Waals surface area contributed by atoms with Crippen molar-refractivity contribution >= 4 is 12.0 Å². The predicted octanol–water partition coefficient (Wildman–Crippen LogP) is 3.10. The standard InChI is InChI=1S/C16H30N2O3/c1-4-5-6-10-18(12(2)3)16(21)17-11-13-8-7-9-14(13)15(19)20/h12-14H,4-11H2,1-3H3,(H,17,21)(H,19,20). The van der Waals surface area contributed by atoms with Crippen molar-refractivity contribution in [3.8, 4) is 0 Å². The molecule has 1 rings (SSSR count). The molecule has 0 aromatic rings. The van der Waals surface area contributed by atoms with Gasteiger partial charge in [0.05, 0.1) is 5.92 Å². The van der Waals surface area contributed by atoms with Crippen molar-refractivity contribution in [3.63, 3.8) is 0 Å². The largest absolute Gasteiger partial charge is 0.481 e. The van der Waals surface area contributed by atoms with Gasteiger partial charge in [-0.3, -0.25) is 4.79 Å². The number of urea groups is 1. The van der Waals surface area contributed by atoms with E-state index in [0.29, 0.717) is 6.54 Å². The third-order valence-corrected chi connectivity index (χ3v) is 4.38. The minimum atomic E-state index is -0.726. The maximum Gasteiger partial charge on any atom is 0.317 e. The minimum Gasteiger partial charge on any atom is -0.481 e. The van der Waals surface area contributed by atoms with Crippen LogP contribution in [0.5, 0.6) is 0 Å². The Bertz CT molecular complexity index is 344. The zero-order valence-corrected chi connectivity index (χ0v) is 13.6. The Hall–Kier alpha value is -1.26. The molecule has 1 aliphatic rings. The molecule has 0 heterocycles. The van der Waals surface area contributed by atoms with E-state index in [2.05, 4.69) is 12.2 Å². The fraction of sp³-hybridized carbons (Fsp3) is 0.875. The van der Waals surface area contributed by atoms with E-state index in [1.165, 1.54) is 0 Å². The lowest BCUT2D eigenvalue weighted by atomic mass is 9.96. The molecule has 0 bridgehead atoms. The van der Waals surface area contributed by atoms with E-state index in [0.717, 1.165) is 45.1 Å². The van der Waals surface area contributed by atoms with E-state index >= 15 is 0 Å². The Labute approximate surface area is 128 Å². The molecule has 0 aromatic heterocycles. The number of carbonyl (C=O) groups is 2. The van der Waals surface area contributed by atoms with Crippen LogP contribution in [0.2, 0.25) is 0 Å². The van der Waals surface area contributed by atoms with E-state index < -0.39 is 5.97 Å². The van der Waals surface area contributed by atoms with Crippen molar-refractivity contribution in [2.24, 2.45) is 11.8 Å². The molecule has 0 aromatic carbocycles. The van der Waals surface area contributed by atoms with Gasteiger partial charge in [0.1, 0.15) is 0 Å². The number of carboxylic acids is 1. The smallest absolute Gasteiger partial charge is 0.317 e. The zero-order chi connectivity index (χ0) is 15.8. The first-order valence-electron chi connectivity index (χ1n) is 8.24. The zero-order valence-electron chi connectivity index (χ0n) is 13.6. The Morgan fingerprint density at radius 2 is 2.00 bits per heavy atom. The highest BCUT2D eigenvalue weighted by Gasteiger charge is 2.33. The number of carbonyl (C=O) groups excluding carboxylic acids is 1. The highest BCUT2D eigenvalue weighted by Crippen LogP contribution is 2.31. The number of amides is 2. The summed E-state index contributed by atoms with van der Waals surface area (Å²) < 4.78 is 0. The van der Waals surface area contributed by atoms with Gasteiger partial charge < -0.3 is 15.3 Å². The predicted molar refractivity (Wildman–Crippen MR) is 83.2 cm³/mol. The second-order valence-corrected chi connectivity index (χ2v) is 6.32. The number of hydrogen-bond donors (Lipinski definition) is 2. The van der Waals surface area contributed by atoms with Crippen LogP contribution in [0.1, 0.15) is 59.3 Å². The number of carboxylic acid groups (broad SMARTS) is 1. The van der Waals surface area contributed by atoms with Crippen LogP contribution in [0.3, 0.4) is 0 Å². The Balaban J connectivity index is 2.44. The molecule has 2 N–H and O–H groups in total. The Morgan fingerprint density at radius 1 is 1.29 bits per heavy atom. The molecule has 5 heteroatoms. The summed E-state index contributed by atoms with van der Waals surface area (Å²) in [6.45, 7) is 7.42. The fourth-order valence-corrected chi connectivity index (χ4v) is 3.05. The van der Waals surface area contributed by atoms with E-state index in [9.17, 15) is 9.59 Å². The van der Waals surface area contributed by atoms with Crippen LogP contribution in [0, 0.1) is 11.8 Å². The summed E-state index contributed by atoms with van der Waals surface area (Å²) in [4.78, 5) is 25.3. The summed E-state index contributed by atoms with van der Waals surface area (Å²) >= 11 is 0. The molecule has 1 aliphatic carbocycles. The van der Waals surface area contributed by atoms with Crippen LogP contribution in [-0.4, -0.2) is 41.1 Å². The first kappa shape index (κ1) is 17.8. The molecule has 0 saturated heterocycles. The Kier molecular flexibility index (Phi) is 7.54. The SMILES string of the molecule is CCCCCN(C(=O)NCC1CCCC1C(=O)O)C(C)C. The lowest BCUT2D eigenvalue weighted by Crippen LogP contribution is -2.46. The molecule has 0 spiro atoms. The summed E-state index contributed by atoms with van der Waals surface area (Å²) in [5.41, 5.74) is 0. The molecule has 0 aliphatic heterocycles. The van der Waals surface area contributed by atoms with Gasteiger partial charge in [-0.1, -0.05) is 26.2 Å². The first-order chi connectivity index (χ1) is 9.97. The second-order valence-electron chi connectivity index (χ2n) is 6.32. The van der Waals surface area contributed by atoms with Gasteiger partial charge in [0.2, 0.25) is 0 Å². The summed E-state index contributed by atoms with van der Waals surface area (Å²) in [5, 5.41) is 12.1. The van der Waals surface area contributed by atoms with Crippen LogP contribution in [-0.2, 0) is 4.79 Å². The van der Waals surface area contributed by atoms with Gasteiger partial charge >= 0.3 is 12.0 Å². The van der Waals surface area contributed by atoms with E-state index in [-0.39, 0.29) is 23.9 Å². The molecule has 1 saturated carbocycles.